The number of carbonyl (C=O) groups excluding carboxylic acids is 1. The van der Waals surface area contributed by atoms with Gasteiger partial charge in [-0.2, -0.15) is 0 Å². The molecule has 0 atom stereocenters. The molecule has 92 valence electrons. The molecule has 1 aromatic carbocycles. The van der Waals surface area contributed by atoms with Crippen molar-refractivity contribution in [3.8, 4) is 0 Å². The second kappa shape index (κ2) is 5.01. The van der Waals surface area contributed by atoms with E-state index in [0.717, 1.165) is 6.26 Å². The number of ether oxygens (including phenoxy) is 1. The van der Waals surface area contributed by atoms with E-state index in [1.165, 1.54) is 19.2 Å². The maximum atomic E-state index is 11.4. The number of hydrogen-bond acceptors (Lipinski definition) is 5. The van der Waals surface area contributed by atoms with Crippen LogP contribution in [-0.2, 0) is 14.6 Å². The highest BCUT2D eigenvalue weighted by Crippen LogP contribution is 2.18. The van der Waals surface area contributed by atoms with Gasteiger partial charge in [-0.25, -0.2) is 13.2 Å². The topological polar surface area (TPSA) is 80.7 Å². The van der Waals surface area contributed by atoms with Crippen molar-refractivity contribution >= 4 is 21.6 Å². The van der Waals surface area contributed by atoms with Crippen LogP contribution in [0.1, 0.15) is 15.9 Å². The molecular weight excluding hydrogens is 244 g/mol. The van der Waals surface area contributed by atoms with Crippen LogP contribution in [-0.4, -0.2) is 32.9 Å². The minimum absolute atomic E-state index is 0.104. The van der Waals surface area contributed by atoms with E-state index >= 15 is 0 Å². The molecule has 0 radical (unpaired) electrons. The summed E-state index contributed by atoms with van der Waals surface area (Å²) in [6.07, 6.45) is 0.948. The van der Waals surface area contributed by atoms with E-state index < -0.39 is 21.6 Å². The fraction of sp³-hybridized carbons (Fsp3) is 0.182. The highest BCUT2D eigenvalue weighted by atomic mass is 32.2. The lowest BCUT2D eigenvalue weighted by Crippen LogP contribution is -2.05. The molecule has 0 aliphatic rings. The van der Waals surface area contributed by atoms with Gasteiger partial charge < -0.3 is 9.84 Å². The minimum atomic E-state index is -3.48. The third kappa shape index (κ3) is 3.60. The van der Waals surface area contributed by atoms with Crippen molar-refractivity contribution in [1.29, 1.82) is 0 Å². The standard InChI is InChI=1S/C11H12O5S/c1-16-11(13)9-6-4-3-5-8(9)10(12)7-17(2,14)15/h3-7,12H,1-2H3/b10-7-. The predicted octanol–water partition coefficient (Wildman–Crippen LogP) is 1.37. The molecule has 0 bridgehead atoms. The van der Waals surface area contributed by atoms with Gasteiger partial charge in [0.05, 0.1) is 18.1 Å². The fourth-order valence-corrected chi connectivity index (χ4v) is 1.79. The Balaban J connectivity index is 3.33. The van der Waals surface area contributed by atoms with Crippen molar-refractivity contribution in [3.05, 3.63) is 40.8 Å². The minimum Gasteiger partial charge on any atom is -0.507 e. The number of methoxy groups -OCH3 is 1. The van der Waals surface area contributed by atoms with Crippen LogP contribution in [0.2, 0.25) is 0 Å². The summed E-state index contributed by atoms with van der Waals surface area (Å²) in [6, 6.07) is 6.04. The van der Waals surface area contributed by atoms with Crippen LogP contribution in [0.15, 0.2) is 29.7 Å². The van der Waals surface area contributed by atoms with Crippen LogP contribution >= 0.6 is 0 Å². The van der Waals surface area contributed by atoms with E-state index in [1.807, 2.05) is 0 Å². The molecule has 0 saturated carbocycles. The Hall–Kier alpha value is -1.82. The molecule has 1 N–H and O–H groups in total. The van der Waals surface area contributed by atoms with Gasteiger partial charge in [-0.15, -0.1) is 0 Å². The first-order chi connectivity index (χ1) is 7.85. The van der Waals surface area contributed by atoms with Crippen molar-refractivity contribution in [1.82, 2.24) is 0 Å². The normalized spacial score (nSPS) is 12.2. The summed E-state index contributed by atoms with van der Waals surface area (Å²) < 4.78 is 26.6. The zero-order valence-electron chi connectivity index (χ0n) is 9.38. The summed E-state index contributed by atoms with van der Waals surface area (Å²) in [5.74, 6) is -1.14. The SMILES string of the molecule is COC(=O)c1ccccc1/C(O)=C/S(C)(=O)=O. The fourth-order valence-electron chi connectivity index (χ4n) is 1.26. The molecule has 0 aliphatic heterocycles. The van der Waals surface area contributed by atoms with Crippen LogP contribution in [0.3, 0.4) is 0 Å². The summed E-state index contributed by atoms with van der Waals surface area (Å²) in [5.41, 5.74) is 0.220. The number of aliphatic hydroxyl groups is 1. The molecule has 0 saturated heterocycles. The summed E-state index contributed by atoms with van der Waals surface area (Å²) in [7, 11) is -2.28. The monoisotopic (exact) mass is 256 g/mol. The van der Waals surface area contributed by atoms with Crippen molar-refractivity contribution in [2.75, 3.05) is 13.4 Å². The molecule has 0 aromatic heterocycles. The van der Waals surface area contributed by atoms with Gasteiger partial charge in [0.1, 0.15) is 5.76 Å². The number of esters is 1. The van der Waals surface area contributed by atoms with Gasteiger partial charge >= 0.3 is 5.97 Å². The number of rotatable bonds is 3. The lowest BCUT2D eigenvalue weighted by molar-refractivity contribution is 0.0600. The second-order valence-electron chi connectivity index (χ2n) is 3.37. The smallest absolute Gasteiger partial charge is 0.338 e. The van der Waals surface area contributed by atoms with Gasteiger partial charge in [0.15, 0.2) is 9.84 Å². The number of sulfone groups is 1. The van der Waals surface area contributed by atoms with Crippen LogP contribution in [0, 0.1) is 0 Å². The van der Waals surface area contributed by atoms with Crippen molar-refractivity contribution in [2.45, 2.75) is 0 Å². The Bertz CT molecular complexity index is 557. The third-order valence-electron chi connectivity index (χ3n) is 1.93. The quantitative estimate of drug-likeness (QED) is 0.652. The molecular formula is C11H12O5S. The van der Waals surface area contributed by atoms with Crippen molar-refractivity contribution in [2.24, 2.45) is 0 Å². The van der Waals surface area contributed by atoms with E-state index in [4.69, 9.17) is 0 Å². The van der Waals surface area contributed by atoms with Gasteiger partial charge in [-0.1, -0.05) is 18.2 Å². The molecule has 0 spiro atoms. The van der Waals surface area contributed by atoms with Gasteiger partial charge in [-0.3, -0.25) is 0 Å². The first-order valence-electron chi connectivity index (χ1n) is 4.63. The molecule has 0 fully saturated rings. The highest BCUT2D eigenvalue weighted by molar-refractivity contribution is 7.93. The molecule has 17 heavy (non-hydrogen) atoms. The zero-order chi connectivity index (χ0) is 13.1. The van der Waals surface area contributed by atoms with Gasteiger partial charge in [0, 0.05) is 11.8 Å². The summed E-state index contributed by atoms with van der Waals surface area (Å²) >= 11 is 0. The Labute approximate surface area is 99.3 Å². The van der Waals surface area contributed by atoms with Crippen LogP contribution in [0.25, 0.3) is 5.76 Å². The number of benzene rings is 1. The summed E-state index contributed by atoms with van der Waals surface area (Å²) in [6.45, 7) is 0. The maximum absolute atomic E-state index is 11.4. The Morgan fingerprint density at radius 1 is 1.29 bits per heavy atom. The Morgan fingerprint density at radius 3 is 2.29 bits per heavy atom. The van der Waals surface area contributed by atoms with Crippen LogP contribution < -0.4 is 0 Å². The molecule has 0 unspecified atom stereocenters. The molecule has 0 heterocycles. The number of hydrogen-bond donors (Lipinski definition) is 1. The van der Waals surface area contributed by atoms with Gasteiger partial charge in [0.25, 0.3) is 0 Å². The average molecular weight is 256 g/mol. The van der Waals surface area contributed by atoms with E-state index in [9.17, 15) is 18.3 Å². The predicted molar refractivity (Wildman–Crippen MR) is 63.2 cm³/mol. The van der Waals surface area contributed by atoms with E-state index in [2.05, 4.69) is 4.74 Å². The summed E-state index contributed by atoms with van der Waals surface area (Å²) in [5, 5.41) is 10.3. The van der Waals surface area contributed by atoms with E-state index in [1.54, 1.807) is 12.1 Å². The van der Waals surface area contributed by atoms with E-state index in [0.29, 0.717) is 5.41 Å². The molecule has 1 rings (SSSR count). The van der Waals surface area contributed by atoms with Crippen LogP contribution in [0.4, 0.5) is 0 Å². The van der Waals surface area contributed by atoms with E-state index in [-0.39, 0.29) is 11.1 Å². The molecule has 1 aromatic rings. The van der Waals surface area contributed by atoms with Gasteiger partial charge in [0.2, 0.25) is 0 Å². The number of aliphatic hydroxyl groups excluding tert-OH is 1. The second-order valence-corrected chi connectivity index (χ2v) is 5.26. The maximum Gasteiger partial charge on any atom is 0.338 e. The molecule has 0 amide bonds. The Kier molecular flexibility index (Phi) is 3.90. The average Bonchev–Trinajstić information content (AvgIpc) is 2.25. The Morgan fingerprint density at radius 2 is 1.82 bits per heavy atom. The molecule has 5 nitrogen and oxygen atoms in total. The number of carbonyl (C=O) groups is 1. The largest absolute Gasteiger partial charge is 0.507 e. The third-order valence-corrected chi connectivity index (χ3v) is 2.59. The highest BCUT2D eigenvalue weighted by Gasteiger charge is 2.14. The summed E-state index contributed by atoms with van der Waals surface area (Å²) in [4.78, 5) is 11.4. The lowest BCUT2D eigenvalue weighted by Gasteiger charge is -2.06. The first-order valence-corrected chi connectivity index (χ1v) is 6.59. The molecule has 0 aliphatic carbocycles. The van der Waals surface area contributed by atoms with Crippen molar-refractivity contribution in [3.63, 3.8) is 0 Å². The lowest BCUT2D eigenvalue weighted by atomic mass is 10.1. The van der Waals surface area contributed by atoms with Crippen molar-refractivity contribution < 1.29 is 23.1 Å². The first kappa shape index (κ1) is 13.2. The molecule has 6 heteroatoms. The zero-order valence-corrected chi connectivity index (χ0v) is 10.2. The van der Waals surface area contributed by atoms with Gasteiger partial charge in [-0.05, 0) is 6.07 Å². The van der Waals surface area contributed by atoms with Crippen LogP contribution in [0.5, 0.6) is 0 Å².